The Hall–Kier alpha value is -2.76. The first-order valence-electron chi connectivity index (χ1n) is 12.4. The second-order valence-electron chi connectivity index (χ2n) is 9.33. The van der Waals surface area contributed by atoms with Gasteiger partial charge in [0, 0.05) is 69.0 Å². The van der Waals surface area contributed by atoms with E-state index in [2.05, 4.69) is 50.4 Å². The highest BCUT2D eigenvalue weighted by Gasteiger charge is 2.31. The molecule has 1 aromatic heterocycles. The number of ether oxygens (including phenoxy) is 1. The van der Waals surface area contributed by atoms with Gasteiger partial charge >= 0.3 is 0 Å². The van der Waals surface area contributed by atoms with Crippen molar-refractivity contribution in [2.45, 2.75) is 13.0 Å². The highest BCUT2D eigenvalue weighted by atomic mass is 35.5. The van der Waals surface area contributed by atoms with Crippen LogP contribution in [-0.2, 0) is 17.7 Å². The number of pyridine rings is 1. The molecule has 9 heteroatoms. The zero-order valence-electron chi connectivity index (χ0n) is 20.2. The lowest BCUT2D eigenvalue weighted by Gasteiger charge is -2.38. The van der Waals surface area contributed by atoms with Crippen molar-refractivity contribution in [3.8, 4) is 6.07 Å². The first-order chi connectivity index (χ1) is 17.2. The van der Waals surface area contributed by atoms with Crippen molar-refractivity contribution < 1.29 is 4.74 Å². The lowest BCUT2D eigenvalue weighted by molar-refractivity contribution is 0.122. The second-order valence-corrected chi connectivity index (χ2v) is 9.73. The summed E-state index contributed by atoms with van der Waals surface area (Å²) in [6.07, 6.45) is 0.848. The minimum Gasteiger partial charge on any atom is -0.378 e. The van der Waals surface area contributed by atoms with Crippen molar-refractivity contribution in [1.82, 2.24) is 10.3 Å². The Kier molecular flexibility index (Phi) is 7.40. The SMILES string of the molecule is Cl.N#Cc1c(N2CCOCC2)nc(N2CCNCC2)c2c1CN(c1cccc3cccc(Cl)c13)CC2. The molecule has 3 aliphatic rings. The number of hydrogen-bond donors (Lipinski definition) is 1. The molecule has 3 aliphatic heterocycles. The molecule has 2 saturated heterocycles. The van der Waals surface area contributed by atoms with Gasteiger partial charge < -0.3 is 24.8 Å². The quantitative estimate of drug-likeness (QED) is 0.555. The van der Waals surface area contributed by atoms with Crippen LogP contribution >= 0.6 is 24.0 Å². The Morgan fingerprint density at radius 1 is 0.889 bits per heavy atom. The van der Waals surface area contributed by atoms with Gasteiger partial charge in [0.15, 0.2) is 0 Å². The van der Waals surface area contributed by atoms with Crippen LogP contribution in [0.1, 0.15) is 16.7 Å². The third-order valence-electron chi connectivity index (χ3n) is 7.36. The molecule has 0 saturated carbocycles. The highest BCUT2D eigenvalue weighted by Crippen LogP contribution is 2.39. The van der Waals surface area contributed by atoms with E-state index in [1.54, 1.807) is 0 Å². The number of benzene rings is 2. The summed E-state index contributed by atoms with van der Waals surface area (Å²) in [6, 6.07) is 14.9. The molecule has 0 radical (unpaired) electrons. The Bertz CT molecular complexity index is 1290. The van der Waals surface area contributed by atoms with Gasteiger partial charge in [-0.05, 0) is 29.5 Å². The Labute approximate surface area is 223 Å². The number of fused-ring (bicyclic) bond motifs is 2. The molecule has 0 aliphatic carbocycles. The summed E-state index contributed by atoms with van der Waals surface area (Å²) < 4.78 is 5.59. The van der Waals surface area contributed by atoms with E-state index in [1.807, 2.05) is 12.1 Å². The van der Waals surface area contributed by atoms with Crippen molar-refractivity contribution in [2.24, 2.45) is 0 Å². The molecule has 0 amide bonds. The van der Waals surface area contributed by atoms with E-state index in [9.17, 15) is 5.26 Å². The maximum absolute atomic E-state index is 10.4. The minimum absolute atomic E-state index is 0. The molecule has 36 heavy (non-hydrogen) atoms. The Balaban J connectivity index is 0.00000267. The van der Waals surface area contributed by atoms with Crippen LogP contribution in [-0.4, -0.2) is 64.0 Å². The molecule has 6 rings (SSSR count). The predicted molar refractivity (Wildman–Crippen MR) is 148 cm³/mol. The van der Waals surface area contributed by atoms with E-state index < -0.39 is 0 Å². The third-order valence-corrected chi connectivity index (χ3v) is 7.68. The van der Waals surface area contributed by atoms with E-state index in [4.69, 9.17) is 21.3 Å². The van der Waals surface area contributed by atoms with Crippen molar-refractivity contribution in [3.63, 3.8) is 0 Å². The number of aromatic nitrogens is 1. The molecule has 188 valence electrons. The average molecular weight is 525 g/mol. The fraction of sp³-hybridized carbons (Fsp3) is 0.407. The maximum atomic E-state index is 10.4. The van der Waals surface area contributed by atoms with E-state index >= 15 is 0 Å². The van der Waals surface area contributed by atoms with Gasteiger partial charge in [0.25, 0.3) is 0 Å². The smallest absolute Gasteiger partial charge is 0.149 e. The monoisotopic (exact) mass is 524 g/mol. The number of rotatable bonds is 3. The molecule has 2 aromatic carbocycles. The molecule has 4 heterocycles. The van der Waals surface area contributed by atoms with Crippen molar-refractivity contribution in [3.05, 3.63) is 58.1 Å². The summed E-state index contributed by atoms with van der Waals surface area (Å²) in [7, 11) is 0. The molecule has 0 spiro atoms. The zero-order valence-corrected chi connectivity index (χ0v) is 21.7. The van der Waals surface area contributed by atoms with Crippen LogP contribution < -0.4 is 20.0 Å². The highest BCUT2D eigenvalue weighted by molar-refractivity contribution is 6.36. The van der Waals surface area contributed by atoms with Gasteiger partial charge in [-0.3, -0.25) is 0 Å². The van der Waals surface area contributed by atoms with Crippen LogP contribution in [0.3, 0.4) is 0 Å². The molecule has 0 atom stereocenters. The number of anilines is 3. The topological polar surface area (TPSA) is 67.7 Å². The largest absolute Gasteiger partial charge is 0.378 e. The lowest BCUT2D eigenvalue weighted by Crippen LogP contribution is -2.45. The molecule has 7 nitrogen and oxygen atoms in total. The number of piperazine rings is 1. The van der Waals surface area contributed by atoms with Crippen molar-refractivity contribution in [2.75, 3.05) is 73.7 Å². The third kappa shape index (κ3) is 4.44. The maximum Gasteiger partial charge on any atom is 0.149 e. The van der Waals surface area contributed by atoms with Crippen LogP contribution in [0.2, 0.25) is 5.02 Å². The Morgan fingerprint density at radius 2 is 1.61 bits per heavy atom. The van der Waals surface area contributed by atoms with E-state index in [-0.39, 0.29) is 12.4 Å². The molecule has 0 bridgehead atoms. The molecule has 1 N–H and O–H groups in total. The molecular formula is C27H30Cl2N6O. The van der Waals surface area contributed by atoms with Crippen LogP contribution in [0, 0.1) is 11.3 Å². The molecular weight excluding hydrogens is 495 g/mol. The minimum atomic E-state index is 0. The summed E-state index contributed by atoms with van der Waals surface area (Å²) in [6.45, 7) is 8.11. The zero-order chi connectivity index (χ0) is 23.8. The molecule has 2 fully saturated rings. The summed E-state index contributed by atoms with van der Waals surface area (Å²) in [5.41, 5.74) is 4.16. The first kappa shape index (κ1) is 24.9. The fourth-order valence-electron chi connectivity index (χ4n) is 5.60. The standard InChI is InChI=1S/C27H29ClN6O.ClH/c28-23-5-1-3-19-4-2-6-24(25(19)23)34-10-7-20-22(18-34)21(17-29)27(33-13-15-35-16-14-33)31-26(20)32-11-8-30-9-12-32;/h1-6,30H,7-16,18H2;1H. The summed E-state index contributed by atoms with van der Waals surface area (Å²) in [5.74, 6) is 1.86. The van der Waals surface area contributed by atoms with E-state index in [1.165, 1.54) is 5.56 Å². The second kappa shape index (κ2) is 10.7. The Morgan fingerprint density at radius 3 is 2.36 bits per heavy atom. The normalized spacial score (nSPS) is 17.9. The first-order valence-corrected chi connectivity index (χ1v) is 12.8. The number of nitriles is 1. The van der Waals surface area contributed by atoms with Crippen LogP contribution in [0.4, 0.5) is 17.3 Å². The van der Waals surface area contributed by atoms with Crippen molar-refractivity contribution >= 4 is 52.1 Å². The number of nitrogens with zero attached hydrogens (tertiary/aromatic N) is 5. The average Bonchev–Trinajstić information content (AvgIpc) is 2.92. The number of hydrogen-bond acceptors (Lipinski definition) is 7. The molecule has 3 aromatic rings. The summed E-state index contributed by atoms with van der Waals surface area (Å²) in [5, 5.41) is 16.8. The van der Waals surface area contributed by atoms with Crippen molar-refractivity contribution in [1.29, 1.82) is 5.26 Å². The lowest BCUT2D eigenvalue weighted by atomic mass is 9.94. The van der Waals surface area contributed by atoms with Gasteiger partial charge in [-0.2, -0.15) is 5.26 Å². The van der Waals surface area contributed by atoms with Gasteiger partial charge in [-0.1, -0.05) is 35.9 Å². The van der Waals surface area contributed by atoms with Gasteiger partial charge in [-0.15, -0.1) is 12.4 Å². The summed E-state index contributed by atoms with van der Waals surface area (Å²) in [4.78, 5) is 12.2. The van der Waals surface area contributed by atoms with Gasteiger partial charge in [-0.25, -0.2) is 4.98 Å². The van der Waals surface area contributed by atoms with Crippen LogP contribution in [0.25, 0.3) is 10.8 Å². The molecule has 0 unspecified atom stereocenters. The number of halogens is 2. The van der Waals surface area contributed by atoms with Gasteiger partial charge in [0.1, 0.15) is 17.7 Å². The number of morpholine rings is 1. The number of nitrogens with one attached hydrogen (secondary N) is 1. The van der Waals surface area contributed by atoms with Gasteiger partial charge in [0.2, 0.25) is 0 Å². The summed E-state index contributed by atoms with van der Waals surface area (Å²) >= 11 is 6.67. The van der Waals surface area contributed by atoms with E-state index in [0.717, 1.165) is 90.9 Å². The fourth-order valence-corrected chi connectivity index (χ4v) is 5.88. The van der Waals surface area contributed by atoms with Crippen LogP contribution in [0.15, 0.2) is 36.4 Å². The van der Waals surface area contributed by atoms with Gasteiger partial charge in [0.05, 0.1) is 23.8 Å². The van der Waals surface area contributed by atoms with Crippen LogP contribution in [0.5, 0.6) is 0 Å². The predicted octanol–water partition coefficient (Wildman–Crippen LogP) is 3.99. The van der Waals surface area contributed by atoms with E-state index in [0.29, 0.717) is 25.3 Å².